The summed E-state index contributed by atoms with van der Waals surface area (Å²) in [7, 11) is -5.94. The summed E-state index contributed by atoms with van der Waals surface area (Å²) in [6.45, 7) is -0.620. The monoisotopic (exact) mass is 423 g/mol. The number of nitrogens with zero attached hydrogens (tertiary/aromatic N) is 1. The normalized spacial score (nSPS) is 32.4. The number of aliphatic hydroxyl groups excluding tert-OH is 4. The lowest BCUT2D eigenvalue weighted by Crippen LogP contribution is -2.57. The van der Waals surface area contributed by atoms with E-state index in [9.17, 15) is 27.9 Å². The van der Waals surface area contributed by atoms with Crippen LogP contribution in [0.5, 0.6) is 0 Å². The first-order valence-electron chi connectivity index (χ1n) is 7.05. The lowest BCUT2D eigenvalue weighted by molar-refractivity contribution is -0.205. The molecule has 148 valence electrons. The highest BCUT2D eigenvalue weighted by Crippen LogP contribution is 2.30. The summed E-state index contributed by atoms with van der Waals surface area (Å²) in [5, 5.41) is 41.8. The van der Waals surface area contributed by atoms with Crippen molar-refractivity contribution >= 4 is 38.0 Å². The molecule has 0 spiro atoms. The summed E-state index contributed by atoms with van der Waals surface area (Å²) >= 11 is 0.687. The summed E-state index contributed by atoms with van der Waals surface area (Å²) < 4.78 is 50.2. The van der Waals surface area contributed by atoms with Gasteiger partial charge in [-0.25, -0.2) is 4.28 Å². The van der Waals surface area contributed by atoms with Crippen LogP contribution in [0.3, 0.4) is 0 Å². The number of rotatable bonds is 8. The van der Waals surface area contributed by atoms with Gasteiger partial charge in [-0.1, -0.05) is 16.9 Å². The van der Waals surface area contributed by atoms with E-state index in [1.807, 2.05) is 0 Å². The molecule has 0 aromatic carbocycles. The molecule has 0 aromatic rings. The summed E-state index contributed by atoms with van der Waals surface area (Å²) in [6.07, 6.45) is -3.92. The van der Waals surface area contributed by atoms with Gasteiger partial charge in [-0.15, -0.1) is 0 Å². The first kappa shape index (κ1) is 22.7. The van der Waals surface area contributed by atoms with Crippen LogP contribution in [0, 0.1) is 0 Å². The predicted molar refractivity (Wildman–Crippen MR) is 89.6 cm³/mol. The number of hydrogen-bond donors (Lipinski definition) is 5. The third-order valence-electron chi connectivity index (χ3n) is 3.16. The highest BCUT2D eigenvalue weighted by atomic mass is 32.3. The topological polar surface area (TPSA) is 183 Å². The van der Waals surface area contributed by atoms with Crippen LogP contribution in [-0.4, -0.2) is 91.1 Å². The van der Waals surface area contributed by atoms with Crippen molar-refractivity contribution in [2.45, 2.75) is 42.7 Å². The van der Waals surface area contributed by atoms with Crippen LogP contribution in [0.25, 0.3) is 0 Å². The van der Waals surface area contributed by atoms with Crippen molar-refractivity contribution in [3.8, 4) is 0 Å². The van der Waals surface area contributed by atoms with Crippen LogP contribution in [0.4, 0.5) is 0 Å². The van der Waals surface area contributed by atoms with Gasteiger partial charge in [0.05, 0.1) is 6.61 Å². The Morgan fingerprint density at radius 3 is 2.44 bits per heavy atom. The van der Waals surface area contributed by atoms with E-state index in [1.165, 1.54) is 6.26 Å². The Balaban J connectivity index is 2.85. The van der Waals surface area contributed by atoms with Gasteiger partial charge in [-0.2, -0.15) is 8.42 Å². The van der Waals surface area contributed by atoms with Gasteiger partial charge in [0.25, 0.3) is 0 Å². The number of hydrogen-bond acceptors (Lipinski definition) is 11. The molecule has 25 heavy (non-hydrogen) atoms. The molecule has 0 amide bonds. The van der Waals surface area contributed by atoms with E-state index in [-0.39, 0.29) is 11.5 Å². The molecule has 0 bridgehead atoms. The first-order valence-corrected chi connectivity index (χ1v) is 11.0. The molecular formula is C11H21NO10S3. The van der Waals surface area contributed by atoms with E-state index in [0.29, 0.717) is 23.9 Å². The van der Waals surface area contributed by atoms with Gasteiger partial charge in [-0.3, -0.25) is 8.76 Å². The smallest absolute Gasteiger partial charge is 0.394 e. The summed E-state index contributed by atoms with van der Waals surface area (Å²) in [4.78, 5) is 0. The molecular weight excluding hydrogens is 402 g/mol. The van der Waals surface area contributed by atoms with E-state index in [1.54, 1.807) is 0 Å². The summed E-state index contributed by atoms with van der Waals surface area (Å²) in [5.74, 6) is 0.292. The van der Waals surface area contributed by atoms with Gasteiger partial charge in [-0.05, 0) is 6.42 Å². The molecule has 5 N–H and O–H groups in total. The Morgan fingerprint density at radius 2 is 1.92 bits per heavy atom. The Labute approximate surface area is 151 Å². The van der Waals surface area contributed by atoms with Crippen molar-refractivity contribution in [2.24, 2.45) is 5.16 Å². The van der Waals surface area contributed by atoms with Crippen LogP contribution in [0.1, 0.15) is 12.8 Å². The third kappa shape index (κ3) is 7.84. The fourth-order valence-electron chi connectivity index (χ4n) is 1.94. The Hall–Kier alpha value is -0.320. The van der Waals surface area contributed by atoms with Crippen LogP contribution >= 0.6 is 11.8 Å². The number of ether oxygens (including phenoxy) is 1. The molecule has 0 saturated carbocycles. The second kappa shape index (κ2) is 10.1. The number of oxime groups is 1. The van der Waals surface area contributed by atoms with Crippen LogP contribution in [0.15, 0.2) is 5.16 Å². The van der Waals surface area contributed by atoms with E-state index in [4.69, 9.17) is 14.4 Å². The molecule has 0 unspecified atom stereocenters. The zero-order valence-corrected chi connectivity index (χ0v) is 15.6. The van der Waals surface area contributed by atoms with E-state index >= 15 is 0 Å². The molecule has 1 fully saturated rings. The fourth-order valence-corrected chi connectivity index (χ4v) is 3.83. The Morgan fingerprint density at radius 1 is 1.28 bits per heavy atom. The second-order valence-electron chi connectivity index (χ2n) is 5.18. The van der Waals surface area contributed by atoms with Gasteiger partial charge in [0.15, 0.2) is 0 Å². The van der Waals surface area contributed by atoms with Crippen molar-refractivity contribution in [1.29, 1.82) is 0 Å². The Bertz CT molecular complexity index is 581. The van der Waals surface area contributed by atoms with Gasteiger partial charge in [0.2, 0.25) is 0 Å². The van der Waals surface area contributed by atoms with Gasteiger partial charge in [0.1, 0.15) is 34.9 Å². The quantitative estimate of drug-likeness (QED) is 0.124. The highest BCUT2D eigenvalue weighted by Gasteiger charge is 2.44. The summed E-state index contributed by atoms with van der Waals surface area (Å²) in [6, 6.07) is 0. The zero-order chi connectivity index (χ0) is 19.2. The molecule has 1 aliphatic rings. The standard InChI is InChI=1S/C11H21NO10S3/c1-24(17)4-2-3-7(12-22-25(18,19)20)23-11-10(16)9(15)8(14)6(5-13)21-11/h6,8-11,13-16H,2-5H2,1H3,(H,18,19,20)/b12-7+/t6-,8-,9+,10-,11+,24+/m1/s1. The van der Waals surface area contributed by atoms with Crippen LogP contribution < -0.4 is 0 Å². The molecule has 1 saturated heterocycles. The largest absolute Gasteiger partial charge is 0.466 e. The maximum absolute atomic E-state index is 11.1. The Kier molecular flexibility index (Phi) is 9.20. The molecule has 14 heteroatoms. The van der Waals surface area contributed by atoms with Gasteiger partial charge in [0, 0.05) is 29.2 Å². The molecule has 0 aromatic heterocycles. The minimum absolute atomic E-state index is 0.0209. The maximum Gasteiger partial charge on any atom is 0.466 e. The molecule has 1 rings (SSSR count). The van der Waals surface area contributed by atoms with E-state index in [2.05, 4.69) is 9.44 Å². The minimum Gasteiger partial charge on any atom is -0.394 e. The van der Waals surface area contributed by atoms with Crippen molar-refractivity contribution in [3.63, 3.8) is 0 Å². The lowest BCUT2D eigenvalue weighted by atomic mass is 10.0. The molecule has 0 radical (unpaired) electrons. The van der Waals surface area contributed by atoms with Crippen molar-refractivity contribution < 1.29 is 46.6 Å². The van der Waals surface area contributed by atoms with Crippen molar-refractivity contribution in [1.82, 2.24) is 0 Å². The van der Waals surface area contributed by atoms with Crippen molar-refractivity contribution in [3.05, 3.63) is 0 Å². The van der Waals surface area contributed by atoms with Crippen molar-refractivity contribution in [2.75, 3.05) is 18.6 Å². The minimum atomic E-state index is -4.84. The average molecular weight is 423 g/mol. The lowest BCUT2D eigenvalue weighted by Gasteiger charge is -2.39. The molecule has 1 aliphatic heterocycles. The van der Waals surface area contributed by atoms with Gasteiger partial charge >= 0.3 is 10.4 Å². The van der Waals surface area contributed by atoms with Crippen LogP contribution in [0.2, 0.25) is 0 Å². The number of thioether (sulfide) groups is 1. The first-order chi connectivity index (χ1) is 11.5. The van der Waals surface area contributed by atoms with Crippen LogP contribution in [-0.2, 0) is 30.2 Å². The third-order valence-corrected chi connectivity index (χ3v) is 5.46. The molecule has 0 aliphatic carbocycles. The molecule has 1 heterocycles. The highest BCUT2D eigenvalue weighted by molar-refractivity contribution is 8.14. The molecule has 6 atom stereocenters. The maximum atomic E-state index is 11.1. The molecule has 11 nitrogen and oxygen atoms in total. The predicted octanol–water partition coefficient (Wildman–Crippen LogP) is -2.19. The zero-order valence-electron chi connectivity index (χ0n) is 13.2. The average Bonchev–Trinajstić information content (AvgIpc) is 2.51. The number of aliphatic hydroxyl groups is 4. The van der Waals surface area contributed by atoms with E-state index in [0.717, 1.165) is 0 Å². The fraction of sp³-hybridized carbons (Fsp3) is 0.909. The van der Waals surface area contributed by atoms with E-state index < -0.39 is 57.7 Å². The second-order valence-corrected chi connectivity index (χ2v) is 8.91. The summed E-state index contributed by atoms with van der Waals surface area (Å²) in [5.41, 5.74) is -1.19. The van der Waals surface area contributed by atoms with Gasteiger partial charge < -0.3 is 25.2 Å². The SMILES string of the molecule is C[S@](=O)CCC/C(=N\OS(=O)(=O)O)S[C@@H]1O[C@H](CO)[C@@H](O)[C@H](O)[C@H]1O.